The summed E-state index contributed by atoms with van der Waals surface area (Å²) < 4.78 is 13.6. The van der Waals surface area contributed by atoms with Gasteiger partial charge in [0.2, 0.25) is 5.76 Å². The van der Waals surface area contributed by atoms with Crippen molar-refractivity contribution in [1.29, 1.82) is 0 Å². The number of rotatable bonds is 5. The zero-order chi connectivity index (χ0) is 18.0. The van der Waals surface area contributed by atoms with Crippen molar-refractivity contribution >= 4 is 27.5 Å². The maximum atomic E-state index is 12.4. The quantitative estimate of drug-likeness (QED) is 0.655. The molecule has 1 amide bonds. The molecule has 0 spiro atoms. The number of amides is 1. The van der Waals surface area contributed by atoms with Crippen LogP contribution in [0.1, 0.15) is 34.3 Å². The first-order chi connectivity index (χ1) is 12.0. The first kappa shape index (κ1) is 17.6. The van der Waals surface area contributed by atoms with Crippen LogP contribution in [0.5, 0.6) is 0 Å². The summed E-state index contributed by atoms with van der Waals surface area (Å²) in [5, 5.41) is 3.75. The number of hydrogen-bond acceptors (Lipinski definition) is 5. The highest BCUT2D eigenvalue weighted by atomic mass is 32.1. The van der Waals surface area contributed by atoms with E-state index >= 15 is 0 Å². The maximum absolute atomic E-state index is 12.4. The van der Waals surface area contributed by atoms with Crippen molar-refractivity contribution in [1.82, 2.24) is 9.72 Å². The molecule has 1 aromatic carbocycles. The fraction of sp³-hybridized carbons (Fsp3) is 0.389. The van der Waals surface area contributed by atoms with E-state index in [4.69, 9.17) is 9.26 Å². The normalized spacial score (nSPS) is 12.2. The SMILES string of the molecule is CCOCCn1c(=NC(=O)c2cc(C)no2)sc2cc(C)c(C)cc21. The van der Waals surface area contributed by atoms with Gasteiger partial charge in [-0.15, -0.1) is 0 Å². The third kappa shape index (κ3) is 3.72. The predicted octanol–water partition coefficient (Wildman–Crippen LogP) is 3.39. The van der Waals surface area contributed by atoms with E-state index in [2.05, 4.69) is 36.1 Å². The lowest BCUT2D eigenvalue weighted by atomic mass is 10.1. The molecule has 7 heteroatoms. The van der Waals surface area contributed by atoms with Gasteiger partial charge in [-0.05, 0) is 51.0 Å². The molecule has 0 radical (unpaired) electrons. The largest absolute Gasteiger partial charge is 0.380 e. The third-order valence-corrected chi connectivity index (χ3v) is 5.04. The number of ether oxygens (including phenoxy) is 1. The highest BCUT2D eigenvalue weighted by Gasteiger charge is 2.13. The van der Waals surface area contributed by atoms with Crippen LogP contribution in [-0.4, -0.2) is 28.8 Å². The van der Waals surface area contributed by atoms with Gasteiger partial charge in [0, 0.05) is 19.2 Å². The van der Waals surface area contributed by atoms with Gasteiger partial charge < -0.3 is 13.8 Å². The van der Waals surface area contributed by atoms with Gasteiger partial charge in [-0.2, -0.15) is 4.99 Å². The number of aryl methyl sites for hydroxylation is 3. The van der Waals surface area contributed by atoms with Crippen LogP contribution >= 0.6 is 11.3 Å². The molecule has 0 unspecified atom stereocenters. The molecule has 0 fully saturated rings. The molecule has 3 rings (SSSR count). The van der Waals surface area contributed by atoms with Gasteiger partial charge in [0.05, 0.1) is 22.5 Å². The second-order valence-electron chi connectivity index (χ2n) is 5.89. The standard InChI is InChI=1S/C18H21N3O3S/c1-5-23-7-6-21-14-8-11(2)12(3)9-16(14)25-18(21)19-17(22)15-10-13(4)20-24-15/h8-10H,5-7H2,1-4H3. The van der Waals surface area contributed by atoms with Crippen molar-refractivity contribution in [3.05, 3.63) is 45.6 Å². The van der Waals surface area contributed by atoms with Crippen LogP contribution in [0.2, 0.25) is 0 Å². The molecule has 0 saturated heterocycles. The van der Waals surface area contributed by atoms with Crippen LogP contribution in [0.15, 0.2) is 27.7 Å². The summed E-state index contributed by atoms with van der Waals surface area (Å²) in [6.07, 6.45) is 0. The number of benzene rings is 1. The van der Waals surface area contributed by atoms with Crippen LogP contribution in [0.25, 0.3) is 10.2 Å². The molecular formula is C18H21N3O3S. The minimum Gasteiger partial charge on any atom is -0.380 e. The van der Waals surface area contributed by atoms with E-state index in [1.807, 2.05) is 11.5 Å². The molecule has 0 saturated carbocycles. The van der Waals surface area contributed by atoms with Crippen LogP contribution in [-0.2, 0) is 11.3 Å². The maximum Gasteiger partial charge on any atom is 0.318 e. The van der Waals surface area contributed by atoms with Gasteiger partial charge in [0.25, 0.3) is 0 Å². The van der Waals surface area contributed by atoms with Crippen molar-refractivity contribution in [2.75, 3.05) is 13.2 Å². The molecule has 0 aliphatic rings. The average Bonchev–Trinajstić information content (AvgIpc) is 3.13. The number of thiazole rings is 1. The lowest BCUT2D eigenvalue weighted by Crippen LogP contribution is -2.19. The monoisotopic (exact) mass is 359 g/mol. The number of nitrogens with zero attached hydrogens (tertiary/aromatic N) is 3. The van der Waals surface area contributed by atoms with E-state index in [0.717, 1.165) is 10.2 Å². The van der Waals surface area contributed by atoms with Crippen molar-refractivity contribution < 1.29 is 14.1 Å². The molecule has 0 N–H and O–H groups in total. The van der Waals surface area contributed by atoms with E-state index in [0.29, 0.717) is 30.3 Å². The summed E-state index contributed by atoms with van der Waals surface area (Å²) >= 11 is 1.49. The zero-order valence-corrected chi connectivity index (χ0v) is 15.6. The van der Waals surface area contributed by atoms with Crippen molar-refractivity contribution in [2.45, 2.75) is 34.2 Å². The Morgan fingerprint density at radius 3 is 2.72 bits per heavy atom. The molecule has 6 nitrogen and oxygen atoms in total. The number of carbonyl (C=O) groups is 1. The lowest BCUT2D eigenvalue weighted by molar-refractivity contribution is 0.0961. The van der Waals surface area contributed by atoms with Crippen molar-refractivity contribution in [3.63, 3.8) is 0 Å². The lowest BCUT2D eigenvalue weighted by Gasteiger charge is -2.07. The Balaban J connectivity index is 2.10. The molecule has 3 aromatic rings. The fourth-order valence-electron chi connectivity index (χ4n) is 2.53. The average molecular weight is 359 g/mol. The fourth-order valence-corrected chi connectivity index (χ4v) is 3.66. The topological polar surface area (TPSA) is 69.6 Å². The molecule has 2 heterocycles. The molecule has 0 aliphatic heterocycles. The van der Waals surface area contributed by atoms with Gasteiger partial charge in [-0.1, -0.05) is 16.5 Å². The molecule has 2 aromatic heterocycles. The summed E-state index contributed by atoms with van der Waals surface area (Å²) in [5.74, 6) is -0.274. The van der Waals surface area contributed by atoms with E-state index < -0.39 is 5.91 Å². The Bertz CT molecular complexity index is 981. The van der Waals surface area contributed by atoms with E-state index in [1.54, 1.807) is 13.0 Å². The number of hydrogen-bond donors (Lipinski definition) is 0. The smallest absolute Gasteiger partial charge is 0.318 e. The number of carbonyl (C=O) groups excluding carboxylic acids is 1. The summed E-state index contributed by atoms with van der Waals surface area (Å²) in [5.41, 5.74) is 4.15. The minimum atomic E-state index is -0.425. The van der Waals surface area contributed by atoms with Crippen LogP contribution in [0.4, 0.5) is 0 Å². The molecule has 0 aliphatic carbocycles. The Hall–Kier alpha value is -2.25. The Morgan fingerprint density at radius 2 is 2.04 bits per heavy atom. The number of aromatic nitrogens is 2. The second kappa shape index (κ2) is 7.33. The van der Waals surface area contributed by atoms with Gasteiger partial charge in [0.15, 0.2) is 4.80 Å². The molecule has 0 bridgehead atoms. The molecule has 25 heavy (non-hydrogen) atoms. The van der Waals surface area contributed by atoms with Crippen LogP contribution in [0, 0.1) is 20.8 Å². The summed E-state index contributed by atoms with van der Waals surface area (Å²) in [6.45, 7) is 9.76. The summed E-state index contributed by atoms with van der Waals surface area (Å²) in [4.78, 5) is 17.3. The van der Waals surface area contributed by atoms with E-state index in [1.165, 1.54) is 22.5 Å². The highest BCUT2D eigenvalue weighted by Crippen LogP contribution is 2.22. The van der Waals surface area contributed by atoms with Gasteiger partial charge in [0.1, 0.15) is 0 Å². The van der Waals surface area contributed by atoms with Crippen molar-refractivity contribution in [2.24, 2.45) is 4.99 Å². The predicted molar refractivity (Wildman–Crippen MR) is 96.9 cm³/mol. The number of fused-ring (bicyclic) bond motifs is 1. The van der Waals surface area contributed by atoms with Crippen molar-refractivity contribution in [3.8, 4) is 0 Å². The Morgan fingerprint density at radius 1 is 1.28 bits per heavy atom. The van der Waals surface area contributed by atoms with Crippen LogP contribution < -0.4 is 4.80 Å². The summed E-state index contributed by atoms with van der Waals surface area (Å²) in [7, 11) is 0. The van der Waals surface area contributed by atoms with Gasteiger partial charge >= 0.3 is 5.91 Å². The van der Waals surface area contributed by atoms with Gasteiger partial charge in [-0.25, -0.2) is 0 Å². The molecule has 0 atom stereocenters. The first-order valence-electron chi connectivity index (χ1n) is 8.20. The molecule has 132 valence electrons. The zero-order valence-electron chi connectivity index (χ0n) is 14.8. The summed E-state index contributed by atoms with van der Waals surface area (Å²) in [6, 6.07) is 5.86. The second-order valence-corrected chi connectivity index (χ2v) is 6.90. The minimum absolute atomic E-state index is 0.152. The van der Waals surface area contributed by atoms with Gasteiger partial charge in [-0.3, -0.25) is 4.79 Å². The van der Waals surface area contributed by atoms with E-state index in [9.17, 15) is 4.79 Å². The van der Waals surface area contributed by atoms with Crippen LogP contribution in [0.3, 0.4) is 0 Å². The highest BCUT2D eigenvalue weighted by molar-refractivity contribution is 7.16. The van der Waals surface area contributed by atoms with E-state index in [-0.39, 0.29) is 5.76 Å². The Labute approximate surface area is 149 Å². The molecular weight excluding hydrogens is 338 g/mol. The first-order valence-corrected chi connectivity index (χ1v) is 9.02. The Kier molecular flexibility index (Phi) is 5.15. The third-order valence-electron chi connectivity index (χ3n) is 4.00.